The molecule has 29 heavy (non-hydrogen) atoms. The van der Waals surface area contributed by atoms with E-state index in [4.69, 9.17) is 9.84 Å². The molecule has 1 rings (SSSR count). The third-order valence-electron chi connectivity index (χ3n) is 3.37. The normalized spacial score (nSPS) is 11.4. The number of aliphatic carboxylic acids is 1. The molecular weight excluding hydrogens is 402 g/mol. The van der Waals surface area contributed by atoms with Crippen molar-refractivity contribution in [1.29, 1.82) is 0 Å². The molecule has 0 aliphatic rings. The van der Waals surface area contributed by atoms with Crippen molar-refractivity contribution in [2.45, 2.75) is 52.7 Å². The van der Waals surface area contributed by atoms with Gasteiger partial charge in [-0.25, -0.2) is 13.8 Å². The molecule has 0 aliphatic carbocycles. The molecule has 0 saturated carbocycles. The number of hydrogen-bond donors (Lipinski definition) is 3. The van der Waals surface area contributed by atoms with E-state index in [0.29, 0.717) is 16.3 Å². The molecule has 0 saturated heterocycles. The maximum absolute atomic E-state index is 12.5. The van der Waals surface area contributed by atoms with Crippen molar-refractivity contribution in [2.24, 2.45) is 0 Å². The zero-order valence-electron chi connectivity index (χ0n) is 16.9. The summed E-state index contributed by atoms with van der Waals surface area (Å²) < 4.78 is 32.2. The zero-order chi connectivity index (χ0) is 22.2. The van der Waals surface area contributed by atoms with Crippen molar-refractivity contribution in [2.75, 3.05) is 10.8 Å². The number of nitrogens with zero attached hydrogens (tertiary/aromatic N) is 1. The monoisotopic (exact) mass is 429 g/mol. The van der Waals surface area contributed by atoms with Crippen molar-refractivity contribution in [3.63, 3.8) is 0 Å². The Morgan fingerprint density at radius 3 is 2.21 bits per heavy atom. The lowest BCUT2D eigenvalue weighted by Crippen LogP contribution is -2.47. The fourth-order valence-electron chi connectivity index (χ4n) is 2.19. The third kappa shape index (κ3) is 8.81. The van der Waals surface area contributed by atoms with E-state index in [9.17, 15) is 22.8 Å². The number of amides is 2. The van der Waals surface area contributed by atoms with Crippen molar-refractivity contribution in [1.82, 2.24) is 10.0 Å². The molecule has 0 radical (unpaired) electrons. The first-order valence-corrected chi connectivity index (χ1v) is 10.4. The first kappa shape index (κ1) is 24.2. The average Bonchev–Trinajstić information content (AvgIpc) is 2.56. The van der Waals surface area contributed by atoms with E-state index in [1.165, 1.54) is 12.1 Å². The molecule has 0 aliphatic heterocycles. The van der Waals surface area contributed by atoms with Gasteiger partial charge in [-0.2, -0.15) is 8.42 Å². The number of rotatable bonds is 9. The molecule has 162 valence electrons. The van der Waals surface area contributed by atoms with E-state index in [1.54, 1.807) is 37.6 Å². The van der Waals surface area contributed by atoms with Crippen LogP contribution >= 0.6 is 0 Å². The molecule has 2 amide bonds. The lowest BCUT2D eigenvalue weighted by Gasteiger charge is -2.25. The largest absolute Gasteiger partial charge is 0.480 e. The number of hydrogen-bond acceptors (Lipinski definition) is 6. The first-order valence-electron chi connectivity index (χ1n) is 8.95. The standard InChI is InChI=1S/C18H27N3O7S/c1-5-6-15(22)19-11-13-7-9-14(10-8-13)21(12-16(23)24)29(26,27)20-17(25)28-18(2,3)4/h7-10H,5-6,11-12H2,1-4H3,(H,19,22)(H,20,25)(H,23,24). The van der Waals surface area contributed by atoms with Crippen LogP contribution in [0.2, 0.25) is 0 Å². The minimum absolute atomic E-state index is 0.0343. The summed E-state index contributed by atoms with van der Waals surface area (Å²) in [4.78, 5) is 34.5. The topological polar surface area (TPSA) is 142 Å². The average molecular weight is 429 g/mol. The van der Waals surface area contributed by atoms with Gasteiger partial charge in [0.1, 0.15) is 12.1 Å². The summed E-state index contributed by atoms with van der Waals surface area (Å²) in [5.74, 6) is -1.51. The van der Waals surface area contributed by atoms with Crippen LogP contribution in [0.1, 0.15) is 46.1 Å². The second kappa shape index (κ2) is 10.1. The first-order chi connectivity index (χ1) is 13.3. The van der Waals surface area contributed by atoms with Gasteiger partial charge < -0.3 is 15.2 Å². The van der Waals surface area contributed by atoms with Crippen LogP contribution in [0.4, 0.5) is 10.5 Å². The number of nitrogens with one attached hydrogen (secondary N) is 2. The third-order valence-corrected chi connectivity index (χ3v) is 4.72. The highest BCUT2D eigenvalue weighted by Crippen LogP contribution is 2.19. The number of ether oxygens (including phenoxy) is 1. The smallest absolute Gasteiger partial charge is 0.422 e. The van der Waals surface area contributed by atoms with E-state index >= 15 is 0 Å². The quantitative estimate of drug-likeness (QED) is 0.543. The van der Waals surface area contributed by atoms with Gasteiger partial charge in [-0.3, -0.25) is 9.59 Å². The Labute approximate surface area is 170 Å². The Hall–Kier alpha value is -2.82. The van der Waals surface area contributed by atoms with Crippen LogP contribution in [0.3, 0.4) is 0 Å². The lowest BCUT2D eigenvalue weighted by atomic mass is 10.2. The van der Waals surface area contributed by atoms with E-state index < -0.39 is 34.4 Å². The van der Waals surface area contributed by atoms with Gasteiger partial charge >= 0.3 is 22.3 Å². The van der Waals surface area contributed by atoms with Crippen LogP contribution in [0.25, 0.3) is 0 Å². The van der Waals surface area contributed by atoms with Crippen molar-refractivity contribution >= 4 is 33.9 Å². The molecule has 0 spiro atoms. The van der Waals surface area contributed by atoms with Gasteiger partial charge in [-0.1, -0.05) is 19.1 Å². The summed E-state index contributed by atoms with van der Waals surface area (Å²) in [5.41, 5.74) is -0.195. The number of carbonyl (C=O) groups excluding carboxylic acids is 2. The molecule has 11 heteroatoms. The summed E-state index contributed by atoms with van der Waals surface area (Å²) >= 11 is 0. The van der Waals surface area contributed by atoms with Gasteiger partial charge in [0, 0.05) is 13.0 Å². The molecule has 0 bridgehead atoms. The molecule has 0 aromatic heterocycles. The van der Waals surface area contributed by atoms with Gasteiger partial charge in [-0.05, 0) is 44.9 Å². The zero-order valence-corrected chi connectivity index (χ0v) is 17.7. The van der Waals surface area contributed by atoms with Gasteiger partial charge in [-0.15, -0.1) is 0 Å². The second-order valence-electron chi connectivity index (χ2n) is 7.20. The van der Waals surface area contributed by atoms with Crippen LogP contribution < -0.4 is 14.3 Å². The molecule has 3 N–H and O–H groups in total. The van der Waals surface area contributed by atoms with Crippen molar-refractivity contribution < 1.29 is 32.6 Å². The molecule has 10 nitrogen and oxygen atoms in total. The number of anilines is 1. The molecule has 0 fully saturated rings. The van der Waals surface area contributed by atoms with Gasteiger partial charge in [0.25, 0.3) is 0 Å². The number of carboxylic acids is 1. The maximum atomic E-state index is 12.5. The van der Waals surface area contributed by atoms with E-state index in [2.05, 4.69) is 5.32 Å². The highest BCUT2D eigenvalue weighted by atomic mass is 32.2. The van der Waals surface area contributed by atoms with E-state index in [1.807, 2.05) is 6.92 Å². The Morgan fingerprint density at radius 1 is 1.14 bits per heavy atom. The fraction of sp³-hybridized carbons (Fsp3) is 0.500. The lowest BCUT2D eigenvalue weighted by molar-refractivity contribution is -0.135. The highest BCUT2D eigenvalue weighted by Gasteiger charge is 2.29. The van der Waals surface area contributed by atoms with Crippen molar-refractivity contribution in [3.05, 3.63) is 29.8 Å². The number of benzene rings is 1. The summed E-state index contributed by atoms with van der Waals surface area (Å²) in [6, 6.07) is 5.88. The Bertz CT molecular complexity index is 830. The minimum Gasteiger partial charge on any atom is -0.480 e. The van der Waals surface area contributed by atoms with E-state index in [-0.39, 0.29) is 18.1 Å². The Balaban J connectivity index is 2.98. The predicted molar refractivity (Wildman–Crippen MR) is 106 cm³/mol. The maximum Gasteiger partial charge on any atom is 0.422 e. The number of carbonyl (C=O) groups is 3. The van der Waals surface area contributed by atoms with Crippen molar-refractivity contribution in [3.8, 4) is 0 Å². The van der Waals surface area contributed by atoms with E-state index in [0.717, 1.165) is 6.42 Å². The van der Waals surface area contributed by atoms with Gasteiger partial charge in [0.2, 0.25) is 5.91 Å². The van der Waals surface area contributed by atoms with Gasteiger partial charge in [0.15, 0.2) is 0 Å². The van der Waals surface area contributed by atoms with Crippen LogP contribution in [0.15, 0.2) is 24.3 Å². The fourth-order valence-corrected chi connectivity index (χ4v) is 3.24. The van der Waals surface area contributed by atoms with Crippen LogP contribution in [-0.4, -0.2) is 43.6 Å². The molecule has 0 unspecified atom stereocenters. The SMILES string of the molecule is CCCC(=O)NCc1ccc(N(CC(=O)O)S(=O)(=O)NC(=O)OC(C)(C)C)cc1. The minimum atomic E-state index is -4.53. The molecule has 1 aromatic rings. The molecule has 0 atom stereocenters. The van der Waals surface area contributed by atoms with Crippen LogP contribution in [0.5, 0.6) is 0 Å². The summed E-state index contributed by atoms with van der Waals surface area (Å²) in [6.45, 7) is 5.92. The Kier molecular flexibility index (Phi) is 8.43. The molecule has 1 aromatic carbocycles. The van der Waals surface area contributed by atoms with Crippen LogP contribution in [0, 0.1) is 0 Å². The van der Waals surface area contributed by atoms with Crippen LogP contribution in [-0.2, 0) is 31.1 Å². The summed E-state index contributed by atoms with van der Waals surface area (Å²) in [5, 5.41) is 11.8. The Morgan fingerprint density at radius 2 is 1.72 bits per heavy atom. The summed E-state index contributed by atoms with van der Waals surface area (Å²) in [7, 11) is -4.53. The van der Waals surface area contributed by atoms with Gasteiger partial charge in [0.05, 0.1) is 5.69 Å². The summed E-state index contributed by atoms with van der Waals surface area (Å²) in [6.07, 6.45) is -0.0978. The second-order valence-corrected chi connectivity index (χ2v) is 8.80. The highest BCUT2D eigenvalue weighted by molar-refractivity contribution is 7.91. The predicted octanol–water partition coefficient (Wildman–Crippen LogP) is 1.76. The molecular formula is C18H27N3O7S. The molecule has 0 heterocycles. The number of carboxylic acid groups (broad SMARTS) is 1.